The Labute approximate surface area is 117 Å². The molecule has 1 aliphatic rings. The van der Waals surface area contributed by atoms with Gasteiger partial charge < -0.3 is 9.84 Å². The van der Waals surface area contributed by atoms with E-state index in [9.17, 15) is 9.59 Å². The van der Waals surface area contributed by atoms with Crippen LogP contribution in [0.1, 0.15) is 12.0 Å². The van der Waals surface area contributed by atoms with E-state index in [-0.39, 0.29) is 12.3 Å². The van der Waals surface area contributed by atoms with Gasteiger partial charge in [-0.3, -0.25) is 14.6 Å². The first-order valence-corrected chi connectivity index (χ1v) is 6.59. The molecule has 1 aromatic rings. The van der Waals surface area contributed by atoms with Crippen LogP contribution in [0.3, 0.4) is 0 Å². The van der Waals surface area contributed by atoms with Gasteiger partial charge in [-0.1, -0.05) is 30.3 Å². The molecule has 108 valence electrons. The van der Waals surface area contributed by atoms with Gasteiger partial charge in [-0.15, -0.1) is 0 Å². The molecule has 0 aromatic heterocycles. The van der Waals surface area contributed by atoms with Crippen molar-refractivity contribution in [1.29, 1.82) is 0 Å². The van der Waals surface area contributed by atoms with Crippen LogP contribution in [0.5, 0.6) is 0 Å². The van der Waals surface area contributed by atoms with Crippen LogP contribution in [0.25, 0.3) is 0 Å². The van der Waals surface area contributed by atoms with Gasteiger partial charge in [-0.05, 0) is 12.0 Å². The molecule has 0 spiro atoms. The van der Waals surface area contributed by atoms with Gasteiger partial charge in [-0.25, -0.2) is 5.43 Å². The molecule has 0 bridgehead atoms. The number of morpholine rings is 1. The first-order chi connectivity index (χ1) is 9.66. The van der Waals surface area contributed by atoms with Gasteiger partial charge in [0, 0.05) is 6.54 Å². The van der Waals surface area contributed by atoms with Crippen LogP contribution in [-0.4, -0.2) is 47.8 Å². The van der Waals surface area contributed by atoms with Crippen LogP contribution in [0.2, 0.25) is 0 Å². The van der Waals surface area contributed by atoms with Crippen molar-refractivity contribution in [2.45, 2.75) is 18.9 Å². The highest BCUT2D eigenvalue weighted by molar-refractivity contribution is 5.85. The monoisotopic (exact) mass is 278 g/mol. The molecular weight excluding hydrogens is 260 g/mol. The summed E-state index contributed by atoms with van der Waals surface area (Å²) in [6.07, 6.45) is -0.379. The molecule has 1 saturated heterocycles. The molecular formula is C14H18N2O4. The maximum atomic E-state index is 12.0. The van der Waals surface area contributed by atoms with Crippen molar-refractivity contribution < 1.29 is 19.4 Å². The van der Waals surface area contributed by atoms with Gasteiger partial charge in [0.05, 0.1) is 19.6 Å². The van der Waals surface area contributed by atoms with E-state index in [0.29, 0.717) is 19.7 Å². The summed E-state index contributed by atoms with van der Waals surface area (Å²) >= 11 is 0. The Hall–Kier alpha value is -1.92. The predicted molar refractivity (Wildman–Crippen MR) is 71.9 cm³/mol. The predicted octanol–water partition coefficient (Wildman–Crippen LogP) is 0.436. The van der Waals surface area contributed by atoms with Crippen molar-refractivity contribution in [3.8, 4) is 0 Å². The summed E-state index contributed by atoms with van der Waals surface area (Å²) in [6.45, 7) is 1.40. The van der Waals surface area contributed by atoms with Crippen LogP contribution >= 0.6 is 0 Å². The average molecular weight is 278 g/mol. The maximum Gasteiger partial charge on any atom is 0.306 e. The summed E-state index contributed by atoms with van der Waals surface area (Å²) in [6, 6.07) is 9.95. The number of carbonyl (C=O) groups is 2. The zero-order valence-corrected chi connectivity index (χ0v) is 11.1. The summed E-state index contributed by atoms with van der Waals surface area (Å²) in [4.78, 5) is 22.6. The molecule has 1 fully saturated rings. The number of ether oxygens (including phenoxy) is 1. The third-order valence-corrected chi connectivity index (χ3v) is 3.09. The largest absolute Gasteiger partial charge is 0.481 e. The minimum absolute atomic E-state index is 0.296. The number of benzene rings is 1. The minimum Gasteiger partial charge on any atom is -0.481 e. The lowest BCUT2D eigenvalue weighted by atomic mass is 10.1. The lowest BCUT2D eigenvalue weighted by Gasteiger charge is -2.32. The fourth-order valence-corrected chi connectivity index (χ4v) is 2.08. The van der Waals surface area contributed by atoms with Gasteiger partial charge in [0.25, 0.3) is 5.91 Å². The van der Waals surface area contributed by atoms with E-state index >= 15 is 0 Å². The number of nitrogens with one attached hydrogen (secondary N) is 1. The van der Waals surface area contributed by atoms with Gasteiger partial charge >= 0.3 is 5.97 Å². The molecule has 20 heavy (non-hydrogen) atoms. The summed E-state index contributed by atoms with van der Waals surface area (Å²) < 4.78 is 5.18. The van der Waals surface area contributed by atoms with Gasteiger partial charge in [0.15, 0.2) is 0 Å². The second-order valence-corrected chi connectivity index (χ2v) is 4.59. The normalized spacial score (nSPS) is 19.1. The number of hydrogen-bond acceptors (Lipinski definition) is 4. The third kappa shape index (κ3) is 4.04. The number of amides is 1. The second kappa shape index (κ2) is 7.02. The van der Waals surface area contributed by atoms with Gasteiger partial charge in [-0.2, -0.15) is 0 Å². The van der Waals surface area contributed by atoms with E-state index in [2.05, 4.69) is 5.43 Å². The van der Waals surface area contributed by atoms with E-state index in [1.54, 1.807) is 0 Å². The minimum atomic E-state index is -1.03. The Morgan fingerprint density at radius 3 is 2.85 bits per heavy atom. The summed E-state index contributed by atoms with van der Waals surface area (Å²) in [5, 5.41) is 10.2. The van der Waals surface area contributed by atoms with E-state index in [1.165, 1.54) is 10.6 Å². The van der Waals surface area contributed by atoms with Crippen molar-refractivity contribution in [3.63, 3.8) is 0 Å². The molecule has 0 saturated carbocycles. The lowest BCUT2D eigenvalue weighted by Crippen LogP contribution is -2.54. The Kier molecular flexibility index (Phi) is 5.09. The molecule has 1 amide bonds. The molecule has 6 nitrogen and oxygen atoms in total. The fraction of sp³-hybridized carbons (Fsp3) is 0.429. The highest BCUT2D eigenvalue weighted by Crippen LogP contribution is 2.09. The molecule has 1 aromatic carbocycles. The standard InChI is InChI=1S/C14H18N2O4/c17-13(18)10-12-14(19)16(8-9-20-12)15-7-6-11-4-2-1-3-5-11/h1-5,12,15H,6-10H2,(H,17,18)/t12-/m0/s1. The smallest absolute Gasteiger partial charge is 0.306 e. The van der Waals surface area contributed by atoms with Crippen molar-refractivity contribution in [2.24, 2.45) is 0 Å². The van der Waals surface area contributed by atoms with Crippen LogP contribution in [0.15, 0.2) is 30.3 Å². The van der Waals surface area contributed by atoms with E-state index in [1.807, 2.05) is 30.3 Å². The number of nitrogens with zero attached hydrogens (tertiary/aromatic N) is 1. The molecule has 1 atom stereocenters. The number of hydrazine groups is 1. The van der Waals surface area contributed by atoms with Crippen molar-refractivity contribution in [1.82, 2.24) is 10.4 Å². The van der Waals surface area contributed by atoms with Crippen molar-refractivity contribution in [3.05, 3.63) is 35.9 Å². The highest BCUT2D eigenvalue weighted by Gasteiger charge is 2.31. The molecule has 0 unspecified atom stereocenters. The van der Waals surface area contributed by atoms with Crippen LogP contribution in [0.4, 0.5) is 0 Å². The zero-order chi connectivity index (χ0) is 14.4. The van der Waals surface area contributed by atoms with E-state index in [4.69, 9.17) is 9.84 Å². The first kappa shape index (κ1) is 14.5. The molecule has 6 heteroatoms. The maximum absolute atomic E-state index is 12.0. The Balaban J connectivity index is 1.80. The summed E-state index contributed by atoms with van der Waals surface area (Å²) in [7, 11) is 0. The highest BCUT2D eigenvalue weighted by atomic mass is 16.5. The number of rotatable bonds is 6. The number of carbonyl (C=O) groups excluding carboxylic acids is 1. The summed E-state index contributed by atoms with van der Waals surface area (Å²) in [5.41, 5.74) is 4.22. The van der Waals surface area contributed by atoms with Gasteiger partial charge in [0.2, 0.25) is 0 Å². The number of hydrogen-bond donors (Lipinski definition) is 2. The SMILES string of the molecule is O=C(O)C[C@@H]1OCCN(NCCc2ccccc2)C1=O. The quantitative estimate of drug-likeness (QED) is 0.789. The van der Waals surface area contributed by atoms with Gasteiger partial charge in [0.1, 0.15) is 6.10 Å². The number of carboxylic acids is 1. The molecule has 1 heterocycles. The van der Waals surface area contributed by atoms with Crippen LogP contribution in [0, 0.1) is 0 Å². The third-order valence-electron chi connectivity index (χ3n) is 3.09. The first-order valence-electron chi connectivity index (χ1n) is 6.59. The molecule has 2 rings (SSSR count). The fourth-order valence-electron chi connectivity index (χ4n) is 2.08. The topological polar surface area (TPSA) is 78.9 Å². The Morgan fingerprint density at radius 1 is 1.40 bits per heavy atom. The molecule has 1 aliphatic heterocycles. The van der Waals surface area contributed by atoms with Crippen molar-refractivity contribution >= 4 is 11.9 Å². The molecule has 0 radical (unpaired) electrons. The van der Waals surface area contributed by atoms with Crippen LogP contribution in [-0.2, 0) is 20.7 Å². The molecule has 2 N–H and O–H groups in total. The van der Waals surface area contributed by atoms with Crippen LogP contribution < -0.4 is 5.43 Å². The van der Waals surface area contributed by atoms with Crippen molar-refractivity contribution in [2.75, 3.05) is 19.7 Å². The van der Waals surface area contributed by atoms with E-state index in [0.717, 1.165) is 6.42 Å². The Morgan fingerprint density at radius 2 is 2.15 bits per heavy atom. The lowest BCUT2D eigenvalue weighted by molar-refractivity contribution is -0.163. The molecule has 0 aliphatic carbocycles. The Bertz CT molecular complexity index is 464. The number of carboxylic acid groups (broad SMARTS) is 1. The second-order valence-electron chi connectivity index (χ2n) is 4.59. The zero-order valence-electron chi connectivity index (χ0n) is 11.1. The number of aliphatic carboxylic acids is 1. The average Bonchev–Trinajstić information content (AvgIpc) is 2.43. The van der Waals surface area contributed by atoms with E-state index < -0.39 is 12.1 Å². The summed E-state index contributed by atoms with van der Waals surface area (Å²) in [5.74, 6) is -1.35.